The van der Waals surface area contributed by atoms with Gasteiger partial charge in [0.15, 0.2) is 0 Å². The van der Waals surface area contributed by atoms with E-state index < -0.39 is 18.2 Å². The molecule has 2 saturated heterocycles. The predicted molar refractivity (Wildman–Crippen MR) is 91.0 cm³/mol. The van der Waals surface area contributed by atoms with Gasteiger partial charge in [-0.25, -0.2) is 4.79 Å². The quantitative estimate of drug-likeness (QED) is 0.841. The van der Waals surface area contributed by atoms with Crippen LogP contribution in [0.5, 0.6) is 5.75 Å². The Morgan fingerprint density at radius 2 is 1.71 bits per heavy atom. The first-order valence-electron chi connectivity index (χ1n) is 8.93. The summed E-state index contributed by atoms with van der Waals surface area (Å²) in [5, 5.41) is 9.47. The van der Waals surface area contributed by atoms with E-state index in [1.54, 1.807) is 4.90 Å². The van der Waals surface area contributed by atoms with Crippen molar-refractivity contribution >= 4 is 12.0 Å². The number of carbonyl (C=O) groups is 2. The van der Waals surface area contributed by atoms with Crippen LogP contribution in [0, 0.1) is 5.92 Å². The van der Waals surface area contributed by atoms with Crippen molar-refractivity contribution in [1.29, 1.82) is 0 Å². The molecule has 28 heavy (non-hydrogen) atoms. The molecule has 2 amide bonds. The summed E-state index contributed by atoms with van der Waals surface area (Å²) in [6.45, 7) is 2.18. The highest BCUT2D eigenvalue weighted by atomic mass is 19.4. The van der Waals surface area contributed by atoms with Gasteiger partial charge >= 0.3 is 18.4 Å². The third-order valence-corrected chi connectivity index (χ3v) is 4.94. The van der Waals surface area contributed by atoms with E-state index in [4.69, 9.17) is 4.74 Å². The molecule has 3 rings (SSSR count). The summed E-state index contributed by atoms with van der Waals surface area (Å²) in [6, 6.07) is 5.11. The van der Waals surface area contributed by atoms with Crippen LogP contribution >= 0.6 is 0 Å². The van der Waals surface area contributed by atoms with Crippen molar-refractivity contribution in [3.63, 3.8) is 0 Å². The van der Waals surface area contributed by atoms with E-state index in [-0.39, 0.29) is 24.2 Å². The van der Waals surface area contributed by atoms with Crippen LogP contribution in [-0.4, -0.2) is 72.7 Å². The number of hydrogen-bond donors (Lipinski definition) is 1. The van der Waals surface area contributed by atoms with Crippen LogP contribution in [0.2, 0.25) is 0 Å². The molecule has 1 N–H and O–H groups in total. The molecule has 0 aromatic heterocycles. The largest absolute Gasteiger partial charge is 0.573 e. The number of benzene rings is 1. The molecule has 0 bridgehead atoms. The molecule has 1 aromatic carbocycles. The Bertz CT molecular complexity index is 704. The number of piperidine rings is 1. The molecule has 10 heteroatoms. The van der Waals surface area contributed by atoms with E-state index in [9.17, 15) is 27.9 Å². The molecular weight excluding hydrogens is 381 g/mol. The minimum atomic E-state index is -4.78. The molecular formula is C18H21F3N2O5. The number of urea groups is 1. The molecule has 0 aliphatic carbocycles. The number of carboxylic acids is 1. The summed E-state index contributed by atoms with van der Waals surface area (Å²) < 4.78 is 46.0. The average Bonchev–Trinajstić information content (AvgIpc) is 2.67. The molecule has 2 aliphatic rings. The second-order valence-electron chi connectivity index (χ2n) is 6.87. The maximum absolute atomic E-state index is 12.8. The lowest BCUT2D eigenvalue weighted by molar-refractivity contribution is -0.274. The van der Waals surface area contributed by atoms with Crippen molar-refractivity contribution in [2.75, 3.05) is 39.4 Å². The summed E-state index contributed by atoms with van der Waals surface area (Å²) in [4.78, 5) is 27.5. The lowest BCUT2D eigenvalue weighted by Gasteiger charge is -2.40. The first-order chi connectivity index (χ1) is 13.2. The number of carbonyl (C=O) groups excluding carboxylic acids is 1. The van der Waals surface area contributed by atoms with Gasteiger partial charge in [-0.05, 0) is 24.1 Å². The number of amides is 2. The molecule has 0 radical (unpaired) electrons. The Hall–Kier alpha value is -2.49. The number of carboxylic acid groups (broad SMARTS) is 1. The summed E-state index contributed by atoms with van der Waals surface area (Å²) in [6.07, 6.45) is -4.47. The van der Waals surface area contributed by atoms with Crippen molar-refractivity contribution < 1.29 is 37.3 Å². The van der Waals surface area contributed by atoms with Crippen LogP contribution in [0.3, 0.4) is 0 Å². The van der Waals surface area contributed by atoms with Crippen molar-refractivity contribution in [2.45, 2.75) is 18.7 Å². The second-order valence-corrected chi connectivity index (χ2v) is 6.87. The Labute approximate surface area is 159 Å². The van der Waals surface area contributed by atoms with Gasteiger partial charge < -0.3 is 24.4 Å². The van der Waals surface area contributed by atoms with Gasteiger partial charge in [0, 0.05) is 32.1 Å². The third-order valence-electron chi connectivity index (χ3n) is 4.94. The van der Waals surface area contributed by atoms with Gasteiger partial charge in [0.25, 0.3) is 0 Å². The fourth-order valence-electron chi connectivity index (χ4n) is 3.57. The average molecular weight is 402 g/mol. The van der Waals surface area contributed by atoms with Gasteiger partial charge in [0.2, 0.25) is 0 Å². The van der Waals surface area contributed by atoms with Gasteiger partial charge in [-0.3, -0.25) is 4.79 Å². The highest BCUT2D eigenvalue weighted by Crippen LogP contribution is 2.33. The molecule has 2 unspecified atom stereocenters. The summed E-state index contributed by atoms with van der Waals surface area (Å²) in [5.41, 5.74) is 0.667. The van der Waals surface area contributed by atoms with Crippen LogP contribution in [0.25, 0.3) is 0 Å². The van der Waals surface area contributed by atoms with Crippen molar-refractivity contribution in [1.82, 2.24) is 9.80 Å². The van der Waals surface area contributed by atoms with Crippen LogP contribution in [0.15, 0.2) is 24.3 Å². The SMILES string of the molecule is O=C(O)C1CC(c2ccc(OC(F)(F)F)cc2)CN(C(=O)N2CCOCC2)C1. The topological polar surface area (TPSA) is 79.3 Å². The third kappa shape index (κ3) is 5.06. The zero-order valence-electron chi connectivity index (χ0n) is 15.0. The maximum atomic E-state index is 12.8. The standard InChI is InChI=1S/C18H21F3N2O5/c19-18(20,21)28-15-3-1-12(2-4-15)13-9-14(16(24)25)11-23(10-13)17(26)22-5-7-27-8-6-22/h1-4,13-14H,5-11H2,(H,24,25). The number of nitrogens with zero attached hydrogens (tertiary/aromatic N) is 2. The van der Waals surface area contributed by atoms with E-state index >= 15 is 0 Å². The van der Waals surface area contributed by atoms with Crippen LogP contribution < -0.4 is 4.74 Å². The van der Waals surface area contributed by atoms with Gasteiger partial charge in [-0.1, -0.05) is 12.1 Å². The van der Waals surface area contributed by atoms with Crippen LogP contribution in [0.4, 0.5) is 18.0 Å². The Kier molecular flexibility index (Phi) is 5.97. The van der Waals surface area contributed by atoms with E-state index in [1.807, 2.05) is 0 Å². The monoisotopic (exact) mass is 402 g/mol. The van der Waals surface area contributed by atoms with E-state index in [0.29, 0.717) is 44.8 Å². The Morgan fingerprint density at radius 1 is 1.07 bits per heavy atom. The van der Waals surface area contributed by atoms with Gasteiger partial charge in [0.05, 0.1) is 19.1 Å². The molecule has 0 saturated carbocycles. The molecule has 2 fully saturated rings. The number of ether oxygens (including phenoxy) is 2. The number of halogens is 3. The molecule has 1 aromatic rings. The number of alkyl halides is 3. The van der Waals surface area contributed by atoms with Crippen LogP contribution in [0.1, 0.15) is 17.9 Å². The van der Waals surface area contributed by atoms with Crippen molar-refractivity contribution in [2.24, 2.45) is 5.92 Å². The van der Waals surface area contributed by atoms with E-state index in [1.165, 1.54) is 29.2 Å². The smallest absolute Gasteiger partial charge is 0.481 e. The zero-order valence-corrected chi connectivity index (χ0v) is 15.0. The first-order valence-corrected chi connectivity index (χ1v) is 8.93. The number of hydrogen-bond acceptors (Lipinski definition) is 4. The molecule has 2 aliphatic heterocycles. The van der Waals surface area contributed by atoms with Gasteiger partial charge in [-0.15, -0.1) is 13.2 Å². The second kappa shape index (κ2) is 8.26. The molecule has 7 nitrogen and oxygen atoms in total. The lowest BCUT2D eigenvalue weighted by Crippen LogP contribution is -2.53. The predicted octanol–water partition coefficient (Wildman–Crippen LogP) is 2.53. The highest BCUT2D eigenvalue weighted by molar-refractivity contribution is 5.77. The summed E-state index contributed by atoms with van der Waals surface area (Å²) in [5.74, 6) is -2.38. The maximum Gasteiger partial charge on any atom is 0.573 e. The van der Waals surface area contributed by atoms with Gasteiger partial charge in [0.1, 0.15) is 5.75 Å². The Morgan fingerprint density at radius 3 is 2.29 bits per heavy atom. The normalized spacial score (nSPS) is 23.4. The molecule has 2 atom stereocenters. The first kappa shape index (κ1) is 20.2. The van der Waals surface area contributed by atoms with Crippen molar-refractivity contribution in [3.05, 3.63) is 29.8 Å². The fraction of sp³-hybridized carbons (Fsp3) is 0.556. The highest BCUT2D eigenvalue weighted by Gasteiger charge is 2.36. The summed E-state index contributed by atoms with van der Waals surface area (Å²) in [7, 11) is 0. The number of aliphatic carboxylic acids is 1. The molecule has 154 valence electrons. The number of morpholine rings is 1. The lowest BCUT2D eigenvalue weighted by atomic mass is 9.84. The van der Waals surface area contributed by atoms with Crippen LogP contribution in [-0.2, 0) is 9.53 Å². The molecule has 2 heterocycles. The molecule has 0 spiro atoms. The van der Waals surface area contributed by atoms with E-state index in [0.717, 1.165) is 0 Å². The fourth-order valence-corrected chi connectivity index (χ4v) is 3.57. The summed E-state index contributed by atoms with van der Waals surface area (Å²) >= 11 is 0. The number of rotatable bonds is 3. The number of likely N-dealkylation sites (tertiary alicyclic amines) is 1. The Balaban J connectivity index is 1.74. The zero-order chi connectivity index (χ0) is 20.3. The minimum absolute atomic E-state index is 0.108. The van der Waals surface area contributed by atoms with E-state index in [2.05, 4.69) is 4.74 Å². The minimum Gasteiger partial charge on any atom is -0.481 e. The van der Waals surface area contributed by atoms with Gasteiger partial charge in [-0.2, -0.15) is 0 Å². The van der Waals surface area contributed by atoms with Crippen molar-refractivity contribution in [3.8, 4) is 5.75 Å².